The molecule has 0 heterocycles. The van der Waals surface area contributed by atoms with E-state index in [-0.39, 0.29) is 12.2 Å². The summed E-state index contributed by atoms with van der Waals surface area (Å²) in [4.78, 5) is 11.7. The Bertz CT molecular complexity index is 432. The number of carbonyl (C=O) groups excluding carboxylic acids is 1. The molecule has 0 saturated carbocycles. The van der Waals surface area contributed by atoms with Crippen LogP contribution in [0.4, 0.5) is 14.5 Å². The minimum atomic E-state index is -0.766. The fraction of sp³-hybridized carbons (Fsp3) is 0.562. The molecule has 1 aromatic carbocycles. The molecule has 0 aliphatic heterocycles. The van der Waals surface area contributed by atoms with Gasteiger partial charge in [0.1, 0.15) is 17.3 Å². The Kier molecular flexibility index (Phi) is 7.90. The predicted molar refractivity (Wildman–Crippen MR) is 81.2 cm³/mol. The Balaban J connectivity index is 2.37. The molecular formula is C16H24F2N2O. The lowest BCUT2D eigenvalue weighted by molar-refractivity contribution is -0.115. The zero-order valence-corrected chi connectivity index (χ0v) is 12.7. The number of anilines is 1. The van der Waals surface area contributed by atoms with E-state index in [2.05, 4.69) is 24.5 Å². The summed E-state index contributed by atoms with van der Waals surface area (Å²) in [6.07, 6.45) is 4.51. The first kappa shape index (κ1) is 17.6. The normalized spacial score (nSPS) is 12.2. The minimum Gasteiger partial charge on any atom is -0.320 e. The van der Waals surface area contributed by atoms with Crippen LogP contribution in [0.5, 0.6) is 0 Å². The average Bonchev–Trinajstić information content (AvgIpc) is 2.46. The van der Waals surface area contributed by atoms with Gasteiger partial charge in [0.2, 0.25) is 5.91 Å². The molecular weight excluding hydrogens is 274 g/mol. The van der Waals surface area contributed by atoms with Crippen LogP contribution in [-0.4, -0.2) is 19.0 Å². The second-order valence-electron chi connectivity index (χ2n) is 5.19. The second kappa shape index (κ2) is 9.45. The number of benzene rings is 1. The van der Waals surface area contributed by atoms with Gasteiger partial charge in [0.05, 0.1) is 6.54 Å². The Labute approximate surface area is 125 Å². The van der Waals surface area contributed by atoms with Crippen LogP contribution in [0.1, 0.15) is 39.5 Å². The summed E-state index contributed by atoms with van der Waals surface area (Å²) in [5.41, 5.74) is -0.387. The minimum absolute atomic E-state index is 0.0520. The van der Waals surface area contributed by atoms with Crippen molar-refractivity contribution in [2.24, 2.45) is 5.92 Å². The van der Waals surface area contributed by atoms with Crippen LogP contribution in [0, 0.1) is 17.6 Å². The molecule has 118 valence electrons. The van der Waals surface area contributed by atoms with E-state index in [1.807, 2.05) is 0 Å². The van der Waals surface area contributed by atoms with E-state index in [9.17, 15) is 13.6 Å². The summed E-state index contributed by atoms with van der Waals surface area (Å²) in [6.45, 7) is 5.06. The lowest BCUT2D eigenvalue weighted by atomic mass is 9.99. The van der Waals surface area contributed by atoms with Crippen molar-refractivity contribution in [3.63, 3.8) is 0 Å². The number of amides is 1. The van der Waals surface area contributed by atoms with Crippen molar-refractivity contribution >= 4 is 11.6 Å². The van der Waals surface area contributed by atoms with Crippen LogP contribution in [0.2, 0.25) is 0 Å². The van der Waals surface area contributed by atoms with E-state index in [1.165, 1.54) is 12.5 Å². The van der Waals surface area contributed by atoms with Gasteiger partial charge in [-0.25, -0.2) is 8.78 Å². The molecule has 1 aromatic rings. The molecule has 0 saturated heterocycles. The van der Waals surface area contributed by atoms with Gasteiger partial charge in [-0.05, 0) is 31.0 Å². The molecule has 5 heteroatoms. The first-order chi connectivity index (χ1) is 10.1. The number of carbonyl (C=O) groups is 1. The van der Waals surface area contributed by atoms with Gasteiger partial charge in [-0.15, -0.1) is 0 Å². The van der Waals surface area contributed by atoms with Crippen LogP contribution >= 0.6 is 0 Å². The molecule has 0 aromatic heterocycles. The molecule has 1 rings (SSSR count). The van der Waals surface area contributed by atoms with Crippen molar-refractivity contribution in [1.29, 1.82) is 0 Å². The van der Waals surface area contributed by atoms with E-state index >= 15 is 0 Å². The highest BCUT2D eigenvalue weighted by Crippen LogP contribution is 2.17. The van der Waals surface area contributed by atoms with Gasteiger partial charge in [-0.1, -0.05) is 39.2 Å². The maximum atomic E-state index is 13.4. The fourth-order valence-electron chi connectivity index (χ4n) is 2.13. The Morgan fingerprint density at radius 3 is 2.48 bits per heavy atom. The number of halogens is 2. The topological polar surface area (TPSA) is 41.1 Å². The second-order valence-corrected chi connectivity index (χ2v) is 5.19. The molecule has 3 nitrogen and oxygen atoms in total. The summed E-state index contributed by atoms with van der Waals surface area (Å²) in [5.74, 6) is -1.44. The summed E-state index contributed by atoms with van der Waals surface area (Å²) in [7, 11) is 0. The summed E-state index contributed by atoms with van der Waals surface area (Å²) in [5, 5.41) is 5.31. The van der Waals surface area contributed by atoms with Crippen molar-refractivity contribution in [2.45, 2.75) is 39.5 Å². The Hall–Kier alpha value is -1.49. The van der Waals surface area contributed by atoms with Crippen molar-refractivity contribution in [3.8, 4) is 0 Å². The zero-order valence-electron chi connectivity index (χ0n) is 12.7. The lowest BCUT2D eigenvalue weighted by Crippen LogP contribution is -2.32. The number of hydrogen-bond acceptors (Lipinski definition) is 2. The first-order valence-corrected chi connectivity index (χ1v) is 7.53. The quantitative estimate of drug-likeness (QED) is 0.729. The number of unbranched alkanes of at least 4 members (excludes halogenated alkanes) is 1. The Morgan fingerprint density at radius 2 is 1.90 bits per heavy atom. The van der Waals surface area contributed by atoms with Crippen molar-refractivity contribution in [2.75, 3.05) is 18.4 Å². The van der Waals surface area contributed by atoms with E-state index in [4.69, 9.17) is 0 Å². The zero-order chi connectivity index (χ0) is 15.7. The van der Waals surface area contributed by atoms with Crippen molar-refractivity contribution < 1.29 is 13.6 Å². The molecule has 2 N–H and O–H groups in total. The standard InChI is InChI=1S/C16H24F2N2O/c1-3-5-7-12(4-2)10-19-11-15(21)20-16-13(17)8-6-9-14(16)18/h6,8-9,12,19H,3-5,7,10-11H2,1-2H3,(H,20,21). The van der Waals surface area contributed by atoms with Crippen LogP contribution in [0.15, 0.2) is 18.2 Å². The molecule has 0 aliphatic rings. The fourth-order valence-corrected chi connectivity index (χ4v) is 2.13. The molecule has 0 bridgehead atoms. The largest absolute Gasteiger partial charge is 0.320 e. The first-order valence-electron chi connectivity index (χ1n) is 7.53. The lowest BCUT2D eigenvalue weighted by Gasteiger charge is -2.15. The predicted octanol–water partition coefficient (Wildman–Crippen LogP) is 3.71. The molecule has 1 atom stereocenters. The average molecular weight is 298 g/mol. The number of hydrogen-bond donors (Lipinski definition) is 2. The molecule has 1 amide bonds. The van der Waals surface area contributed by atoms with Gasteiger partial charge in [0.15, 0.2) is 0 Å². The van der Waals surface area contributed by atoms with Crippen LogP contribution in [0.25, 0.3) is 0 Å². The number of nitrogens with one attached hydrogen (secondary N) is 2. The van der Waals surface area contributed by atoms with E-state index in [1.54, 1.807) is 0 Å². The highest BCUT2D eigenvalue weighted by Gasteiger charge is 2.12. The molecule has 21 heavy (non-hydrogen) atoms. The summed E-state index contributed by atoms with van der Waals surface area (Å²) < 4.78 is 26.8. The van der Waals surface area contributed by atoms with Gasteiger partial charge in [-0.3, -0.25) is 4.79 Å². The third-order valence-corrected chi connectivity index (χ3v) is 3.49. The van der Waals surface area contributed by atoms with Crippen molar-refractivity contribution in [3.05, 3.63) is 29.8 Å². The highest BCUT2D eigenvalue weighted by atomic mass is 19.1. The third-order valence-electron chi connectivity index (χ3n) is 3.49. The van der Waals surface area contributed by atoms with E-state index < -0.39 is 17.5 Å². The van der Waals surface area contributed by atoms with Gasteiger partial charge in [0, 0.05) is 0 Å². The number of para-hydroxylation sites is 1. The SMILES string of the molecule is CCCCC(CC)CNCC(=O)Nc1c(F)cccc1F. The van der Waals surface area contributed by atoms with Gasteiger partial charge >= 0.3 is 0 Å². The van der Waals surface area contributed by atoms with Crippen LogP contribution in [0.3, 0.4) is 0 Å². The van der Waals surface area contributed by atoms with E-state index in [0.29, 0.717) is 5.92 Å². The highest BCUT2D eigenvalue weighted by molar-refractivity contribution is 5.92. The van der Waals surface area contributed by atoms with E-state index in [0.717, 1.165) is 37.9 Å². The summed E-state index contributed by atoms with van der Waals surface area (Å²) >= 11 is 0. The molecule has 0 fully saturated rings. The summed E-state index contributed by atoms with van der Waals surface area (Å²) in [6, 6.07) is 3.49. The van der Waals surface area contributed by atoms with Crippen LogP contribution in [-0.2, 0) is 4.79 Å². The molecule has 0 spiro atoms. The van der Waals surface area contributed by atoms with Gasteiger partial charge in [0.25, 0.3) is 0 Å². The Morgan fingerprint density at radius 1 is 1.24 bits per heavy atom. The molecule has 0 aliphatic carbocycles. The molecule has 0 radical (unpaired) electrons. The van der Waals surface area contributed by atoms with Gasteiger partial charge < -0.3 is 10.6 Å². The number of rotatable bonds is 9. The van der Waals surface area contributed by atoms with Crippen LogP contribution < -0.4 is 10.6 Å². The smallest absolute Gasteiger partial charge is 0.238 e. The maximum absolute atomic E-state index is 13.4. The van der Waals surface area contributed by atoms with Crippen molar-refractivity contribution in [1.82, 2.24) is 5.32 Å². The molecule has 1 unspecified atom stereocenters. The monoisotopic (exact) mass is 298 g/mol. The van der Waals surface area contributed by atoms with Gasteiger partial charge in [-0.2, -0.15) is 0 Å². The third kappa shape index (κ3) is 6.21. The maximum Gasteiger partial charge on any atom is 0.238 e.